The summed E-state index contributed by atoms with van der Waals surface area (Å²) in [7, 11) is 0. The van der Waals surface area contributed by atoms with Crippen molar-refractivity contribution >= 4 is 17.9 Å². The summed E-state index contributed by atoms with van der Waals surface area (Å²) in [4.78, 5) is 34.8. The van der Waals surface area contributed by atoms with Gasteiger partial charge in [-0.1, -0.05) is 109 Å². The minimum Gasteiger partial charge on any atom is -0.550 e. The fourth-order valence-electron chi connectivity index (χ4n) is 6.05. The van der Waals surface area contributed by atoms with Gasteiger partial charge in [0.15, 0.2) is 0 Å². The predicted octanol–water partition coefficient (Wildman–Crippen LogP) is 7.62. The van der Waals surface area contributed by atoms with Crippen LogP contribution in [0.3, 0.4) is 0 Å². The van der Waals surface area contributed by atoms with Crippen molar-refractivity contribution in [2.24, 2.45) is 17.8 Å². The van der Waals surface area contributed by atoms with Crippen molar-refractivity contribution < 1.29 is 34.2 Å². The Balaban J connectivity index is 4.18. The van der Waals surface area contributed by atoms with Gasteiger partial charge in [-0.05, 0) is 52.4 Å². The Morgan fingerprint density at radius 3 is 1.26 bits per heavy atom. The van der Waals surface area contributed by atoms with E-state index in [1.807, 2.05) is 0 Å². The van der Waals surface area contributed by atoms with E-state index in [9.17, 15) is 29.7 Å². The first-order chi connectivity index (χ1) is 20.0. The lowest BCUT2D eigenvalue weighted by molar-refractivity contribution is -0.934. The lowest BCUT2D eigenvalue weighted by Gasteiger charge is -2.43. The van der Waals surface area contributed by atoms with E-state index < -0.39 is 35.7 Å². The summed E-state index contributed by atoms with van der Waals surface area (Å²) < 4.78 is 0.187. The predicted molar refractivity (Wildman–Crippen MR) is 170 cm³/mol. The van der Waals surface area contributed by atoms with Gasteiger partial charge in [-0.3, -0.25) is 9.59 Å². The maximum atomic E-state index is 11.6. The van der Waals surface area contributed by atoms with Crippen molar-refractivity contribution in [3.63, 3.8) is 0 Å². The fraction of sp³-hybridized carbons (Fsp3) is 0.857. The summed E-state index contributed by atoms with van der Waals surface area (Å²) >= 11 is 0. The summed E-state index contributed by atoms with van der Waals surface area (Å²) in [6, 6.07) is 0. The first-order valence-corrected chi connectivity index (χ1v) is 17.2. The second-order valence-corrected chi connectivity index (χ2v) is 13.0. The molecular weight excluding hydrogens is 530 g/mol. The average molecular weight is 596 g/mol. The minimum absolute atomic E-state index is 0.187. The molecule has 0 aromatic carbocycles. The number of carboxylic acids is 3. The summed E-state index contributed by atoms with van der Waals surface area (Å²) in [5.41, 5.74) is 0. The molecule has 7 heteroatoms. The molecule has 0 heterocycles. The molecule has 0 fully saturated rings. The average Bonchev–Trinajstić information content (AvgIpc) is 2.93. The van der Waals surface area contributed by atoms with E-state index in [1.165, 1.54) is 103 Å². The molecule has 3 atom stereocenters. The van der Waals surface area contributed by atoms with Gasteiger partial charge in [0, 0.05) is 11.9 Å². The molecule has 246 valence electrons. The van der Waals surface area contributed by atoms with Gasteiger partial charge < -0.3 is 24.6 Å². The molecule has 0 spiro atoms. The molecule has 7 nitrogen and oxygen atoms in total. The Morgan fingerprint density at radius 1 is 0.571 bits per heavy atom. The van der Waals surface area contributed by atoms with E-state index in [0.29, 0.717) is 6.54 Å². The number of rotatable bonds is 30. The molecule has 0 aliphatic carbocycles. The third kappa shape index (κ3) is 21.8. The zero-order valence-electron chi connectivity index (χ0n) is 27.6. The number of quaternary nitrogens is 1. The second-order valence-electron chi connectivity index (χ2n) is 13.0. The maximum absolute atomic E-state index is 11.6. The van der Waals surface area contributed by atoms with Gasteiger partial charge in [-0.25, -0.2) is 0 Å². The van der Waals surface area contributed by atoms with Crippen LogP contribution in [0, 0.1) is 17.8 Å². The van der Waals surface area contributed by atoms with Crippen molar-refractivity contribution in [1.82, 2.24) is 0 Å². The number of aliphatic carboxylic acids is 3. The molecule has 3 unspecified atom stereocenters. The Kier molecular flexibility index (Phi) is 24.4. The highest BCUT2D eigenvalue weighted by Gasteiger charge is 2.36. The standard InChI is InChI=1S/C35H65NO6/c1-5-6-7-8-9-10-11-12-13-14-15-16-17-18-19-20-21-22-23-24-25-26-36(27-30(2)33(37)38,28-31(3)34(39)40)29-32(4)35(41)42/h9-10,30-32H,5-8,11-29H2,1-4H3,(H2-,37,38,39,40,41,42)/b10-9+. The van der Waals surface area contributed by atoms with Gasteiger partial charge in [0.2, 0.25) is 0 Å². The zero-order chi connectivity index (χ0) is 31.6. The van der Waals surface area contributed by atoms with Crippen molar-refractivity contribution in [1.29, 1.82) is 0 Å². The molecule has 0 rings (SSSR count). The van der Waals surface area contributed by atoms with Crippen molar-refractivity contribution in [2.75, 3.05) is 26.2 Å². The van der Waals surface area contributed by atoms with Gasteiger partial charge in [0.1, 0.15) is 11.8 Å². The fourth-order valence-corrected chi connectivity index (χ4v) is 6.05. The largest absolute Gasteiger partial charge is 0.550 e. The third-order valence-corrected chi connectivity index (χ3v) is 8.62. The SMILES string of the molecule is CCCCC/C=C/CCCCCCCCCCCCCCCC[N+](CC(C)C(=O)[O-])(CC(C)C(=O)O)CC(C)C(=O)O. The summed E-state index contributed by atoms with van der Waals surface area (Å²) in [6.07, 6.45) is 28.4. The maximum Gasteiger partial charge on any atom is 0.311 e. The van der Waals surface area contributed by atoms with Crippen LogP contribution in [-0.4, -0.2) is 58.8 Å². The van der Waals surface area contributed by atoms with E-state index >= 15 is 0 Å². The van der Waals surface area contributed by atoms with E-state index in [4.69, 9.17) is 0 Å². The van der Waals surface area contributed by atoms with Crippen LogP contribution < -0.4 is 5.11 Å². The van der Waals surface area contributed by atoms with Crippen LogP contribution >= 0.6 is 0 Å². The number of carbonyl (C=O) groups excluding carboxylic acids is 1. The Bertz CT molecular complexity index is 682. The molecule has 0 aliphatic rings. The zero-order valence-corrected chi connectivity index (χ0v) is 27.6. The Labute approximate surface area is 257 Å². The van der Waals surface area contributed by atoms with Crippen LogP contribution in [0.25, 0.3) is 0 Å². The number of unbranched alkanes of at least 4 members (excludes halogenated alkanes) is 17. The lowest BCUT2D eigenvalue weighted by atomic mass is 10.00. The Hall–Kier alpha value is -1.89. The molecule has 0 aliphatic heterocycles. The van der Waals surface area contributed by atoms with Crippen molar-refractivity contribution in [3.05, 3.63) is 12.2 Å². The monoisotopic (exact) mass is 595 g/mol. The molecule has 2 N–H and O–H groups in total. The quantitative estimate of drug-likeness (QED) is 0.0501. The molecule has 42 heavy (non-hydrogen) atoms. The number of nitrogens with zero attached hydrogens (tertiary/aromatic N) is 1. The lowest BCUT2D eigenvalue weighted by Crippen LogP contribution is -2.58. The van der Waals surface area contributed by atoms with E-state index in [2.05, 4.69) is 19.1 Å². The van der Waals surface area contributed by atoms with Crippen LogP contribution in [0.5, 0.6) is 0 Å². The molecule has 0 amide bonds. The first-order valence-electron chi connectivity index (χ1n) is 17.2. The second kappa shape index (κ2) is 25.6. The van der Waals surface area contributed by atoms with E-state index in [0.717, 1.165) is 19.3 Å². The van der Waals surface area contributed by atoms with Crippen molar-refractivity contribution in [2.45, 2.75) is 150 Å². The summed E-state index contributed by atoms with van der Waals surface area (Å²) in [6.45, 7) is 8.26. The number of carboxylic acid groups (broad SMARTS) is 3. The molecule has 0 radical (unpaired) electrons. The van der Waals surface area contributed by atoms with Gasteiger partial charge >= 0.3 is 11.9 Å². The number of carbonyl (C=O) groups is 3. The number of hydrogen-bond acceptors (Lipinski definition) is 4. The molecule has 0 aromatic heterocycles. The highest BCUT2D eigenvalue weighted by molar-refractivity contribution is 5.70. The van der Waals surface area contributed by atoms with Crippen LogP contribution in [0.15, 0.2) is 12.2 Å². The van der Waals surface area contributed by atoms with E-state index in [1.54, 1.807) is 20.8 Å². The summed E-state index contributed by atoms with van der Waals surface area (Å²) in [5.74, 6) is -5.23. The highest BCUT2D eigenvalue weighted by Crippen LogP contribution is 2.22. The summed E-state index contributed by atoms with van der Waals surface area (Å²) in [5, 5.41) is 30.6. The molecule has 0 saturated carbocycles. The normalized spacial score (nSPS) is 15.3. The molecular formula is C35H65NO6. The van der Waals surface area contributed by atoms with Crippen LogP contribution in [0.1, 0.15) is 150 Å². The van der Waals surface area contributed by atoms with Crippen LogP contribution in [-0.2, 0) is 14.4 Å². The van der Waals surface area contributed by atoms with Gasteiger partial charge in [0.25, 0.3) is 0 Å². The van der Waals surface area contributed by atoms with Crippen LogP contribution in [0.2, 0.25) is 0 Å². The number of hydrogen-bond donors (Lipinski definition) is 2. The smallest absolute Gasteiger partial charge is 0.311 e. The molecule has 0 saturated heterocycles. The van der Waals surface area contributed by atoms with Gasteiger partial charge in [-0.15, -0.1) is 0 Å². The molecule has 0 bridgehead atoms. The minimum atomic E-state index is -1.18. The van der Waals surface area contributed by atoms with Crippen molar-refractivity contribution in [3.8, 4) is 0 Å². The first kappa shape index (κ1) is 40.1. The third-order valence-electron chi connectivity index (χ3n) is 8.62. The van der Waals surface area contributed by atoms with E-state index in [-0.39, 0.29) is 24.1 Å². The van der Waals surface area contributed by atoms with Gasteiger partial charge in [-0.2, -0.15) is 0 Å². The number of allylic oxidation sites excluding steroid dienone is 2. The molecule has 0 aromatic rings. The van der Waals surface area contributed by atoms with Crippen LogP contribution in [0.4, 0.5) is 0 Å². The highest BCUT2D eigenvalue weighted by atomic mass is 16.4. The topological polar surface area (TPSA) is 115 Å². The van der Waals surface area contributed by atoms with Gasteiger partial charge in [0.05, 0.1) is 26.2 Å². The Morgan fingerprint density at radius 2 is 0.905 bits per heavy atom.